The van der Waals surface area contributed by atoms with Crippen molar-refractivity contribution < 1.29 is 19.1 Å². The van der Waals surface area contributed by atoms with Gasteiger partial charge in [0.05, 0.1) is 35.8 Å². The largest absolute Gasteiger partial charge is 0.369 e. The van der Waals surface area contributed by atoms with Gasteiger partial charge in [-0.1, -0.05) is 12.1 Å². The van der Waals surface area contributed by atoms with Crippen molar-refractivity contribution in [1.29, 1.82) is 5.26 Å². The molecule has 0 atom stereocenters. The fourth-order valence-corrected chi connectivity index (χ4v) is 2.64. The number of nitriles is 1. The minimum absolute atomic E-state index is 0.0380. The van der Waals surface area contributed by atoms with Crippen LogP contribution in [0.25, 0.3) is 0 Å². The Bertz CT molecular complexity index is 701. The predicted octanol–water partition coefficient (Wildman–Crippen LogP) is 1.45. The third kappa shape index (κ3) is 3.86. The summed E-state index contributed by atoms with van der Waals surface area (Å²) in [7, 11) is 1.60. The number of imide groups is 1. The number of ether oxygens (including phenoxy) is 1. The van der Waals surface area contributed by atoms with Crippen LogP contribution in [0.5, 0.6) is 0 Å². The summed E-state index contributed by atoms with van der Waals surface area (Å²) in [5.41, 5.74) is -0.126. The van der Waals surface area contributed by atoms with Gasteiger partial charge >= 0.3 is 0 Å². The lowest BCUT2D eigenvalue weighted by atomic mass is 10.0. The Hall–Kier alpha value is -2.72. The Labute approximate surface area is 146 Å². The number of carbonyl (C=O) groups is 3. The van der Waals surface area contributed by atoms with E-state index in [2.05, 4.69) is 0 Å². The molecule has 0 unspecified atom stereocenters. The predicted molar refractivity (Wildman–Crippen MR) is 89.7 cm³/mol. The van der Waals surface area contributed by atoms with Gasteiger partial charge in [-0.25, -0.2) is 0 Å². The quantitative estimate of drug-likeness (QED) is 0.699. The lowest BCUT2D eigenvalue weighted by Crippen LogP contribution is -2.51. The Morgan fingerprint density at radius 2 is 1.80 bits per heavy atom. The molecule has 132 valence electrons. The number of fused-ring (bicyclic) bond motifs is 1. The summed E-state index contributed by atoms with van der Waals surface area (Å²) < 4.78 is 5.45. The maximum atomic E-state index is 12.5. The molecular formula is C18H21N3O4. The zero-order chi connectivity index (χ0) is 18.6. The molecule has 0 radical (unpaired) electrons. The van der Waals surface area contributed by atoms with Crippen LogP contribution in [0.3, 0.4) is 0 Å². The van der Waals surface area contributed by atoms with Crippen molar-refractivity contribution in [3.8, 4) is 6.07 Å². The van der Waals surface area contributed by atoms with Crippen LogP contribution < -0.4 is 0 Å². The van der Waals surface area contributed by atoms with E-state index >= 15 is 0 Å². The van der Waals surface area contributed by atoms with Crippen LogP contribution in [0, 0.1) is 11.3 Å². The highest BCUT2D eigenvalue weighted by molar-refractivity contribution is 6.21. The van der Waals surface area contributed by atoms with Crippen LogP contribution in [0.4, 0.5) is 0 Å². The molecule has 0 fully saturated rings. The van der Waals surface area contributed by atoms with Crippen molar-refractivity contribution >= 4 is 17.7 Å². The fourth-order valence-electron chi connectivity index (χ4n) is 2.64. The molecule has 25 heavy (non-hydrogen) atoms. The Morgan fingerprint density at radius 3 is 2.32 bits per heavy atom. The summed E-state index contributed by atoms with van der Waals surface area (Å²) in [6.07, 6.45) is 0.253. The van der Waals surface area contributed by atoms with Crippen LogP contribution in [0.2, 0.25) is 0 Å². The first-order valence-electron chi connectivity index (χ1n) is 7.96. The number of likely N-dealkylation sites (N-methyl/N-ethyl adjacent to an activating group) is 1. The number of amides is 3. The molecule has 7 heteroatoms. The average Bonchev–Trinajstić information content (AvgIpc) is 2.84. The third-order valence-corrected chi connectivity index (χ3v) is 4.06. The molecule has 1 aliphatic rings. The maximum Gasteiger partial charge on any atom is 0.262 e. The van der Waals surface area contributed by atoms with E-state index < -0.39 is 5.54 Å². The first-order valence-corrected chi connectivity index (χ1v) is 7.96. The Kier molecular flexibility index (Phi) is 5.55. The molecule has 3 amide bonds. The molecule has 1 aromatic carbocycles. The molecule has 0 saturated heterocycles. The van der Waals surface area contributed by atoms with Crippen molar-refractivity contribution in [2.45, 2.75) is 25.8 Å². The van der Waals surface area contributed by atoms with Crippen LogP contribution >= 0.6 is 0 Å². The van der Waals surface area contributed by atoms with E-state index in [0.717, 1.165) is 0 Å². The van der Waals surface area contributed by atoms with Crippen LogP contribution in [0.1, 0.15) is 41.0 Å². The van der Waals surface area contributed by atoms with Gasteiger partial charge in [0, 0.05) is 13.6 Å². The van der Waals surface area contributed by atoms with Gasteiger partial charge in [0.1, 0.15) is 6.61 Å². The second-order valence-corrected chi connectivity index (χ2v) is 6.52. The van der Waals surface area contributed by atoms with Gasteiger partial charge in [-0.2, -0.15) is 5.26 Å². The second-order valence-electron chi connectivity index (χ2n) is 6.52. The normalized spacial score (nSPS) is 13.6. The lowest BCUT2D eigenvalue weighted by Gasteiger charge is -2.33. The Morgan fingerprint density at radius 1 is 1.24 bits per heavy atom. The smallest absolute Gasteiger partial charge is 0.262 e. The van der Waals surface area contributed by atoms with Crippen molar-refractivity contribution in [3.63, 3.8) is 0 Å². The molecule has 2 rings (SSSR count). The number of carbonyl (C=O) groups excluding carboxylic acids is 3. The molecular weight excluding hydrogens is 322 g/mol. The van der Waals surface area contributed by atoms with Crippen molar-refractivity contribution in [2.75, 3.05) is 26.8 Å². The molecule has 1 heterocycles. The first-order chi connectivity index (χ1) is 11.8. The number of nitrogens with zero attached hydrogens (tertiary/aromatic N) is 3. The van der Waals surface area contributed by atoms with E-state index in [1.165, 1.54) is 9.80 Å². The van der Waals surface area contributed by atoms with Crippen LogP contribution in [-0.2, 0) is 9.53 Å². The van der Waals surface area contributed by atoms with Gasteiger partial charge in [0.25, 0.3) is 11.8 Å². The summed E-state index contributed by atoms with van der Waals surface area (Å²) in [6.45, 7) is 3.64. The summed E-state index contributed by atoms with van der Waals surface area (Å²) in [5, 5.41) is 8.54. The highest BCUT2D eigenvalue weighted by atomic mass is 16.5. The minimum Gasteiger partial charge on any atom is -0.369 e. The van der Waals surface area contributed by atoms with Gasteiger partial charge in [-0.05, 0) is 26.0 Å². The number of hydrogen-bond acceptors (Lipinski definition) is 5. The standard InChI is InChI=1S/C18H21N3O4/c1-18(2,12-25-11-15(22)20(3)10-6-9-19)21-16(23)13-7-4-5-8-14(13)17(21)24/h4-5,7-8H,6,10-12H2,1-3H3. The van der Waals surface area contributed by atoms with Crippen molar-refractivity contribution in [3.05, 3.63) is 35.4 Å². The Balaban J connectivity index is 1.97. The summed E-state index contributed by atoms with van der Waals surface area (Å²) >= 11 is 0. The van der Waals surface area contributed by atoms with Gasteiger partial charge < -0.3 is 9.64 Å². The molecule has 0 aromatic heterocycles. The number of rotatable bonds is 7. The van der Waals surface area contributed by atoms with Crippen LogP contribution in [0.15, 0.2) is 24.3 Å². The second kappa shape index (κ2) is 7.45. The third-order valence-electron chi connectivity index (χ3n) is 4.06. The zero-order valence-electron chi connectivity index (χ0n) is 14.6. The highest BCUT2D eigenvalue weighted by Gasteiger charge is 2.44. The topological polar surface area (TPSA) is 90.7 Å². The van der Waals surface area contributed by atoms with E-state index in [1.54, 1.807) is 45.2 Å². The molecule has 0 saturated carbocycles. The molecule has 0 spiro atoms. The molecule has 0 aliphatic carbocycles. The molecule has 0 bridgehead atoms. The lowest BCUT2D eigenvalue weighted by molar-refractivity contribution is -0.135. The summed E-state index contributed by atoms with van der Waals surface area (Å²) in [5.74, 6) is -0.966. The summed E-state index contributed by atoms with van der Waals surface area (Å²) in [6, 6.07) is 8.65. The van der Waals surface area contributed by atoms with E-state index in [4.69, 9.17) is 10.00 Å². The molecule has 1 aromatic rings. The fraction of sp³-hybridized carbons (Fsp3) is 0.444. The monoisotopic (exact) mass is 343 g/mol. The first kappa shape index (κ1) is 18.6. The van der Waals surface area contributed by atoms with Gasteiger partial charge in [0.2, 0.25) is 5.91 Å². The van der Waals surface area contributed by atoms with E-state index in [1.807, 2.05) is 6.07 Å². The van der Waals surface area contributed by atoms with E-state index in [9.17, 15) is 14.4 Å². The molecule has 0 N–H and O–H groups in total. The summed E-state index contributed by atoms with van der Waals surface area (Å²) in [4.78, 5) is 39.5. The van der Waals surface area contributed by atoms with Crippen molar-refractivity contribution in [2.24, 2.45) is 0 Å². The van der Waals surface area contributed by atoms with Crippen LogP contribution in [-0.4, -0.2) is 59.9 Å². The molecule has 1 aliphatic heterocycles. The number of benzene rings is 1. The zero-order valence-corrected chi connectivity index (χ0v) is 14.6. The number of hydrogen-bond donors (Lipinski definition) is 0. The average molecular weight is 343 g/mol. The maximum absolute atomic E-state index is 12.5. The van der Waals surface area contributed by atoms with Gasteiger partial charge in [-0.15, -0.1) is 0 Å². The minimum atomic E-state index is -0.890. The van der Waals surface area contributed by atoms with Gasteiger partial charge in [0.15, 0.2) is 0 Å². The SMILES string of the molecule is CN(CCC#N)C(=O)COCC(C)(C)N1C(=O)c2ccccc2C1=O. The van der Waals surface area contributed by atoms with Crippen molar-refractivity contribution in [1.82, 2.24) is 9.80 Å². The highest BCUT2D eigenvalue weighted by Crippen LogP contribution is 2.29. The molecule has 7 nitrogen and oxygen atoms in total. The van der Waals surface area contributed by atoms with E-state index in [0.29, 0.717) is 17.7 Å². The van der Waals surface area contributed by atoms with E-state index in [-0.39, 0.29) is 37.4 Å². The van der Waals surface area contributed by atoms with Gasteiger partial charge in [-0.3, -0.25) is 19.3 Å².